The molecule has 0 radical (unpaired) electrons. The molecule has 126 valence electrons. The molecule has 0 unspecified atom stereocenters. The fourth-order valence-corrected chi connectivity index (χ4v) is 2.40. The van der Waals surface area contributed by atoms with E-state index in [9.17, 15) is 4.79 Å². The van der Waals surface area contributed by atoms with Crippen molar-refractivity contribution in [3.05, 3.63) is 65.5 Å². The summed E-state index contributed by atoms with van der Waals surface area (Å²) in [5.74, 6) is 0.321. The third-order valence-corrected chi connectivity index (χ3v) is 3.42. The lowest BCUT2D eigenvalue weighted by atomic mass is 10.1. The van der Waals surface area contributed by atoms with Gasteiger partial charge >= 0.3 is 0 Å². The first kappa shape index (κ1) is 16.6. The molecule has 2 aromatic carbocycles. The van der Waals surface area contributed by atoms with Crippen LogP contribution < -0.4 is 10.2 Å². The van der Waals surface area contributed by atoms with Crippen LogP contribution in [0.5, 0.6) is 5.75 Å². The lowest BCUT2D eigenvalue weighted by Gasteiger charge is -2.07. The van der Waals surface area contributed by atoms with Gasteiger partial charge in [-0.15, -0.1) is 0 Å². The molecule has 3 rings (SSSR count). The summed E-state index contributed by atoms with van der Waals surface area (Å²) >= 11 is 0. The standard InChI is InChI=1S/C19H18N4O2/c1-13-7-14(2)9-16(8-13)25-12-19(24)23-21-11-15-10-20-17-5-3-4-6-18(17)22-15/h3-11H,12H2,1-2H3,(H,23,24)/b21-11-. The number of rotatable bonds is 5. The molecule has 1 N–H and O–H groups in total. The summed E-state index contributed by atoms with van der Waals surface area (Å²) in [5, 5.41) is 3.89. The molecule has 0 atom stereocenters. The first-order chi connectivity index (χ1) is 12.1. The van der Waals surface area contributed by atoms with Gasteiger partial charge in [0.1, 0.15) is 11.4 Å². The molecule has 0 aliphatic rings. The molecule has 1 amide bonds. The number of carbonyl (C=O) groups excluding carboxylic acids is 1. The number of nitrogens with zero attached hydrogens (tertiary/aromatic N) is 3. The Morgan fingerprint density at radius 1 is 1.16 bits per heavy atom. The quantitative estimate of drug-likeness (QED) is 0.575. The van der Waals surface area contributed by atoms with Crippen LogP contribution in [0, 0.1) is 13.8 Å². The van der Waals surface area contributed by atoms with Crippen molar-refractivity contribution in [3.8, 4) is 5.75 Å². The first-order valence-electron chi connectivity index (χ1n) is 7.85. The summed E-state index contributed by atoms with van der Waals surface area (Å²) in [4.78, 5) is 20.5. The van der Waals surface area contributed by atoms with Crippen LogP contribution in [-0.4, -0.2) is 28.7 Å². The van der Waals surface area contributed by atoms with Crippen LogP contribution >= 0.6 is 0 Å². The maximum atomic E-state index is 11.8. The number of carbonyl (C=O) groups is 1. The number of aromatic nitrogens is 2. The van der Waals surface area contributed by atoms with E-state index in [1.807, 2.05) is 56.3 Å². The Balaban J connectivity index is 1.54. The van der Waals surface area contributed by atoms with Gasteiger partial charge in [0.2, 0.25) is 0 Å². The highest BCUT2D eigenvalue weighted by molar-refractivity contribution is 5.84. The number of hydrazone groups is 1. The third kappa shape index (κ3) is 4.60. The van der Waals surface area contributed by atoms with Crippen molar-refractivity contribution in [1.82, 2.24) is 15.4 Å². The van der Waals surface area contributed by atoms with Gasteiger partial charge in [-0.25, -0.2) is 10.4 Å². The number of nitrogens with one attached hydrogen (secondary N) is 1. The van der Waals surface area contributed by atoms with E-state index in [1.54, 1.807) is 6.20 Å². The van der Waals surface area contributed by atoms with Crippen molar-refractivity contribution in [3.63, 3.8) is 0 Å². The Hall–Kier alpha value is -3.28. The van der Waals surface area contributed by atoms with Gasteiger partial charge < -0.3 is 4.74 Å². The van der Waals surface area contributed by atoms with Gasteiger partial charge in [0.05, 0.1) is 23.4 Å². The molecule has 0 bridgehead atoms. The molecule has 0 aliphatic heterocycles. The van der Waals surface area contributed by atoms with Gasteiger partial charge in [-0.1, -0.05) is 18.2 Å². The van der Waals surface area contributed by atoms with Crippen LogP contribution in [0.25, 0.3) is 11.0 Å². The van der Waals surface area contributed by atoms with Gasteiger partial charge in [-0.2, -0.15) is 5.10 Å². The lowest BCUT2D eigenvalue weighted by Crippen LogP contribution is -2.24. The Morgan fingerprint density at radius 3 is 2.64 bits per heavy atom. The summed E-state index contributed by atoms with van der Waals surface area (Å²) < 4.78 is 5.48. The molecule has 0 aliphatic carbocycles. The van der Waals surface area contributed by atoms with Crippen molar-refractivity contribution in [1.29, 1.82) is 0 Å². The Bertz CT molecular complexity index is 917. The zero-order valence-electron chi connectivity index (χ0n) is 14.1. The summed E-state index contributed by atoms with van der Waals surface area (Å²) in [5.41, 5.74) is 6.74. The molecule has 0 spiro atoms. The summed E-state index contributed by atoms with van der Waals surface area (Å²) in [6, 6.07) is 13.4. The maximum Gasteiger partial charge on any atom is 0.277 e. The van der Waals surface area contributed by atoms with Crippen molar-refractivity contribution in [2.24, 2.45) is 5.10 Å². The van der Waals surface area contributed by atoms with E-state index in [2.05, 4.69) is 20.5 Å². The largest absolute Gasteiger partial charge is 0.484 e. The molecule has 25 heavy (non-hydrogen) atoms. The Kier molecular flexibility index (Phi) is 4.99. The second-order valence-electron chi connectivity index (χ2n) is 5.69. The van der Waals surface area contributed by atoms with Gasteiger partial charge in [-0.05, 0) is 49.2 Å². The predicted octanol–water partition coefficient (Wildman–Crippen LogP) is 2.78. The number of ether oxygens (including phenoxy) is 1. The molecular formula is C19H18N4O2. The van der Waals surface area contributed by atoms with E-state index in [-0.39, 0.29) is 12.5 Å². The topological polar surface area (TPSA) is 76.5 Å². The van der Waals surface area contributed by atoms with Crippen LogP contribution in [0.2, 0.25) is 0 Å². The van der Waals surface area contributed by atoms with Crippen molar-refractivity contribution < 1.29 is 9.53 Å². The maximum absolute atomic E-state index is 11.8. The number of benzene rings is 2. The monoisotopic (exact) mass is 334 g/mol. The number of para-hydroxylation sites is 2. The number of aryl methyl sites for hydroxylation is 2. The van der Waals surface area contributed by atoms with E-state index in [0.29, 0.717) is 11.4 Å². The smallest absolute Gasteiger partial charge is 0.277 e. The van der Waals surface area contributed by atoms with Gasteiger partial charge in [0.15, 0.2) is 6.61 Å². The minimum Gasteiger partial charge on any atom is -0.484 e. The minimum atomic E-state index is -0.343. The molecule has 3 aromatic rings. The summed E-state index contributed by atoms with van der Waals surface area (Å²) in [6.07, 6.45) is 3.05. The molecule has 6 nitrogen and oxygen atoms in total. The van der Waals surface area contributed by atoms with Gasteiger partial charge in [0.25, 0.3) is 5.91 Å². The van der Waals surface area contributed by atoms with Crippen LogP contribution in [0.15, 0.2) is 53.8 Å². The normalized spacial score (nSPS) is 11.0. The highest BCUT2D eigenvalue weighted by atomic mass is 16.5. The van der Waals surface area contributed by atoms with E-state index in [1.165, 1.54) is 6.21 Å². The van der Waals surface area contributed by atoms with E-state index < -0.39 is 0 Å². The van der Waals surface area contributed by atoms with Crippen molar-refractivity contribution in [2.45, 2.75) is 13.8 Å². The van der Waals surface area contributed by atoms with Gasteiger partial charge in [-0.3, -0.25) is 9.78 Å². The lowest BCUT2D eigenvalue weighted by molar-refractivity contribution is -0.123. The Labute approximate surface area is 145 Å². The fraction of sp³-hybridized carbons (Fsp3) is 0.158. The fourth-order valence-electron chi connectivity index (χ4n) is 2.40. The first-order valence-corrected chi connectivity index (χ1v) is 7.85. The number of amides is 1. The second-order valence-corrected chi connectivity index (χ2v) is 5.69. The van der Waals surface area contributed by atoms with Crippen molar-refractivity contribution >= 4 is 23.2 Å². The molecule has 0 saturated heterocycles. The zero-order valence-corrected chi connectivity index (χ0v) is 14.1. The average molecular weight is 334 g/mol. The van der Waals surface area contributed by atoms with Crippen LogP contribution in [0.4, 0.5) is 0 Å². The van der Waals surface area contributed by atoms with E-state index in [4.69, 9.17) is 4.74 Å². The molecule has 0 saturated carbocycles. The second kappa shape index (κ2) is 7.53. The van der Waals surface area contributed by atoms with Gasteiger partial charge in [0, 0.05) is 0 Å². The molecule has 0 fully saturated rings. The highest BCUT2D eigenvalue weighted by Crippen LogP contribution is 2.15. The molecular weight excluding hydrogens is 316 g/mol. The van der Waals surface area contributed by atoms with Crippen molar-refractivity contribution in [2.75, 3.05) is 6.61 Å². The summed E-state index contributed by atoms with van der Waals surface area (Å²) in [7, 11) is 0. The minimum absolute atomic E-state index is 0.108. The van der Waals surface area contributed by atoms with Crippen LogP contribution in [0.3, 0.4) is 0 Å². The number of hydrogen-bond acceptors (Lipinski definition) is 5. The van der Waals surface area contributed by atoms with Crippen LogP contribution in [0.1, 0.15) is 16.8 Å². The third-order valence-electron chi connectivity index (χ3n) is 3.42. The highest BCUT2D eigenvalue weighted by Gasteiger charge is 2.03. The molecule has 6 heteroatoms. The molecule has 1 aromatic heterocycles. The van der Waals surface area contributed by atoms with E-state index in [0.717, 1.165) is 22.2 Å². The summed E-state index contributed by atoms with van der Waals surface area (Å²) in [6.45, 7) is 3.85. The SMILES string of the molecule is Cc1cc(C)cc(OCC(=O)N/N=C\c2cnc3ccccc3n2)c1. The molecule has 1 heterocycles. The van der Waals surface area contributed by atoms with Crippen LogP contribution in [-0.2, 0) is 4.79 Å². The number of hydrogen-bond donors (Lipinski definition) is 1. The average Bonchev–Trinajstić information content (AvgIpc) is 2.59. The predicted molar refractivity (Wildman–Crippen MR) is 96.7 cm³/mol. The zero-order chi connectivity index (χ0) is 17.6. The Morgan fingerprint density at radius 2 is 1.88 bits per heavy atom. The number of fused-ring (bicyclic) bond motifs is 1. The van der Waals surface area contributed by atoms with E-state index >= 15 is 0 Å².